The number of nitrogens with one attached hydrogen (secondary N) is 1. The smallest absolute Gasteiger partial charge is 0.239 e. The van der Waals surface area contributed by atoms with Crippen molar-refractivity contribution in [2.24, 2.45) is 10.2 Å². The van der Waals surface area contributed by atoms with Gasteiger partial charge in [0.15, 0.2) is 5.17 Å². The van der Waals surface area contributed by atoms with Crippen LogP contribution in [0.15, 0.2) is 34.7 Å². The Morgan fingerprint density at radius 2 is 2.50 bits per heavy atom. The van der Waals surface area contributed by atoms with Crippen LogP contribution in [-0.2, 0) is 4.79 Å². The van der Waals surface area contributed by atoms with E-state index in [1.165, 1.54) is 11.8 Å². The highest BCUT2D eigenvalue weighted by Crippen LogP contribution is 2.18. The molecule has 0 saturated carbocycles. The van der Waals surface area contributed by atoms with Gasteiger partial charge in [-0.3, -0.25) is 9.78 Å². The summed E-state index contributed by atoms with van der Waals surface area (Å²) in [5, 5.41) is 10.9. The second-order valence-corrected chi connectivity index (χ2v) is 4.51. The zero-order valence-electron chi connectivity index (χ0n) is 8.62. The third-order valence-electron chi connectivity index (χ3n) is 1.93. The minimum absolute atomic E-state index is 0.0275. The lowest BCUT2D eigenvalue weighted by molar-refractivity contribution is -0.118. The highest BCUT2D eigenvalue weighted by atomic mass is 32.2. The second kappa shape index (κ2) is 4.89. The van der Waals surface area contributed by atoms with Crippen LogP contribution in [0.25, 0.3) is 0 Å². The quantitative estimate of drug-likeness (QED) is 0.613. The molecule has 1 atom stereocenters. The molecule has 1 N–H and O–H groups in total. The summed E-state index contributed by atoms with van der Waals surface area (Å²) in [6.45, 7) is 1.83. The zero-order valence-corrected chi connectivity index (χ0v) is 9.44. The number of nitrogens with zero attached hydrogens (tertiary/aromatic N) is 3. The van der Waals surface area contributed by atoms with Crippen LogP contribution >= 0.6 is 11.8 Å². The van der Waals surface area contributed by atoms with Gasteiger partial charge < -0.3 is 5.32 Å². The van der Waals surface area contributed by atoms with Crippen LogP contribution in [0.1, 0.15) is 12.5 Å². The number of carbonyl (C=O) groups is 1. The predicted octanol–water partition coefficient (Wildman–Crippen LogP) is 1.02. The topological polar surface area (TPSA) is 66.7 Å². The Morgan fingerprint density at radius 1 is 1.62 bits per heavy atom. The number of pyridine rings is 1. The standard InChI is InChI=1S/C10H10N4OS/c1-7-9(15)13-10(16-7)14-12-6-8-3-2-4-11-5-8/h2-7H,1H3,(H,13,14,15)/b12-6+. The van der Waals surface area contributed by atoms with Crippen molar-refractivity contribution in [3.05, 3.63) is 30.1 Å². The molecular weight excluding hydrogens is 224 g/mol. The van der Waals surface area contributed by atoms with Gasteiger partial charge in [-0.1, -0.05) is 17.8 Å². The number of carbonyl (C=O) groups excluding carboxylic acids is 1. The number of rotatable bonds is 2. The molecule has 1 aromatic rings. The highest BCUT2D eigenvalue weighted by molar-refractivity contribution is 8.15. The van der Waals surface area contributed by atoms with E-state index in [9.17, 15) is 4.79 Å². The molecule has 1 fully saturated rings. The molecule has 1 aromatic heterocycles. The predicted molar refractivity (Wildman–Crippen MR) is 64.5 cm³/mol. The molecular formula is C10H10N4OS. The van der Waals surface area contributed by atoms with Crippen molar-refractivity contribution >= 4 is 29.1 Å². The van der Waals surface area contributed by atoms with Crippen LogP contribution < -0.4 is 5.32 Å². The number of hydrogen-bond acceptors (Lipinski definition) is 5. The van der Waals surface area contributed by atoms with Crippen LogP contribution in [-0.4, -0.2) is 27.5 Å². The lowest BCUT2D eigenvalue weighted by atomic mass is 10.3. The zero-order chi connectivity index (χ0) is 11.4. The van der Waals surface area contributed by atoms with Crippen LogP contribution in [0.4, 0.5) is 0 Å². The fraction of sp³-hybridized carbons (Fsp3) is 0.200. The van der Waals surface area contributed by atoms with E-state index in [0.29, 0.717) is 5.17 Å². The van der Waals surface area contributed by atoms with Gasteiger partial charge in [0, 0.05) is 18.0 Å². The Balaban J connectivity index is 2.00. The van der Waals surface area contributed by atoms with Crippen LogP contribution in [0, 0.1) is 0 Å². The fourth-order valence-electron chi connectivity index (χ4n) is 1.11. The maximum Gasteiger partial charge on any atom is 0.239 e. The van der Waals surface area contributed by atoms with Gasteiger partial charge in [0.2, 0.25) is 5.91 Å². The van der Waals surface area contributed by atoms with Crippen LogP contribution in [0.3, 0.4) is 0 Å². The summed E-state index contributed by atoms with van der Waals surface area (Å²) in [5.74, 6) is -0.0275. The van der Waals surface area contributed by atoms with Crippen LogP contribution in [0.2, 0.25) is 0 Å². The Morgan fingerprint density at radius 3 is 3.12 bits per heavy atom. The maximum absolute atomic E-state index is 11.1. The molecule has 5 nitrogen and oxygen atoms in total. The summed E-state index contributed by atoms with van der Waals surface area (Å²) in [6, 6.07) is 3.70. The van der Waals surface area contributed by atoms with Crippen molar-refractivity contribution in [3.8, 4) is 0 Å². The van der Waals surface area contributed by atoms with E-state index in [1.54, 1.807) is 18.6 Å². The van der Waals surface area contributed by atoms with E-state index in [4.69, 9.17) is 0 Å². The maximum atomic E-state index is 11.1. The molecule has 0 spiro atoms. The molecule has 6 heteroatoms. The van der Waals surface area contributed by atoms with Crippen molar-refractivity contribution in [2.75, 3.05) is 0 Å². The van der Waals surface area contributed by atoms with Gasteiger partial charge in [-0.2, -0.15) is 5.10 Å². The summed E-state index contributed by atoms with van der Waals surface area (Å²) in [4.78, 5) is 15.1. The Bertz CT molecular complexity index is 443. The second-order valence-electron chi connectivity index (χ2n) is 3.19. The van der Waals surface area contributed by atoms with Crippen molar-refractivity contribution in [3.63, 3.8) is 0 Å². The van der Waals surface area contributed by atoms with E-state index < -0.39 is 0 Å². The number of aromatic nitrogens is 1. The number of hydrogen-bond donors (Lipinski definition) is 1. The summed E-state index contributed by atoms with van der Waals surface area (Å²) in [5.41, 5.74) is 0.870. The normalized spacial score (nSPS) is 22.9. The van der Waals surface area contributed by atoms with E-state index in [0.717, 1.165) is 5.56 Å². The van der Waals surface area contributed by atoms with Gasteiger partial charge in [0.1, 0.15) is 0 Å². The molecule has 16 heavy (non-hydrogen) atoms. The summed E-state index contributed by atoms with van der Waals surface area (Å²) >= 11 is 1.37. The largest absolute Gasteiger partial charge is 0.303 e. The first-order valence-electron chi connectivity index (χ1n) is 4.74. The monoisotopic (exact) mass is 234 g/mol. The minimum Gasteiger partial charge on any atom is -0.303 e. The molecule has 0 bridgehead atoms. The molecule has 0 radical (unpaired) electrons. The molecule has 2 heterocycles. The third-order valence-corrected chi connectivity index (χ3v) is 2.90. The van der Waals surface area contributed by atoms with Crippen molar-refractivity contribution in [1.29, 1.82) is 0 Å². The van der Waals surface area contributed by atoms with Gasteiger partial charge in [-0.05, 0) is 13.0 Å². The lowest BCUT2D eigenvalue weighted by Crippen LogP contribution is -2.23. The molecule has 1 amide bonds. The Hall–Kier alpha value is -1.69. The first-order chi connectivity index (χ1) is 7.75. The Kier molecular flexibility index (Phi) is 3.31. The average molecular weight is 234 g/mol. The summed E-state index contributed by atoms with van der Waals surface area (Å²) in [6.07, 6.45) is 4.97. The SMILES string of the molecule is CC1S/C(=N/N=C/c2cccnc2)NC1=O. The van der Waals surface area contributed by atoms with Gasteiger partial charge in [-0.15, -0.1) is 5.10 Å². The number of amides is 1. The molecule has 1 aliphatic rings. The van der Waals surface area contributed by atoms with Crippen LogP contribution in [0.5, 0.6) is 0 Å². The number of thioether (sulfide) groups is 1. The van der Waals surface area contributed by atoms with Gasteiger partial charge in [0.25, 0.3) is 0 Å². The minimum atomic E-state index is -0.0904. The Labute approximate surface area is 97.1 Å². The van der Waals surface area contributed by atoms with E-state index in [-0.39, 0.29) is 11.2 Å². The van der Waals surface area contributed by atoms with Gasteiger partial charge >= 0.3 is 0 Å². The average Bonchev–Trinajstić information content (AvgIpc) is 2.60. The molecule has 1 unspecified atom stereocenters. The molecule has 1 saturated heterocycles. The van der Waals surface area contributed by atoms with Gasteiger partial charge in [-0.25, -0.2) is 0 Å². The molecule has 82 valence electrons. The lowest BCUT2D eigenvalue weighted by Gasteiger charge is -1.90. The highest BCUT2D eigenvalue weighted by Gasteiger charge is 2.25. The van der Waals surface area contributed by atoms with E-state index in [2.05, 4.69) is 20.5 Å². The first kappa shape index (κ1) is 10.8. The molecule has 2 rings (SSSR count). The summed E-state index contributed by atoms with van der Waals surface area (Å²) < 4.78 is 0. The third kappa shape index (κ3) is 2.66. The van der Waals surface area contributed by atoms with Crippen molar-refractivity contribution in [1.82, 2.24) is 10.3 Å². The fourth-order valence-corrected chi connectivity index (χ4v) is 1.86. The molecule has 0 aliphatic carbocycles. The number of amidine groups is 1. The summed E-state index contributed by atoms with van der Waals surface area (Å²) in [7, 11) is 0. The molecule has 1 aliphatic heterocycles. The first-order valence-corrected chi connectivity index (χ1v) is 5.62. The van der Waals surface area contributed by atoms with Crippen molar-refractivity contribution in [2.45, 2.75) is 12.2 Å². The van der Waals surface area contributed by atoms with E-state index in [1.807, 2.05) is 19.1 Å². The van der Waals surface area contributed by atoms with Crippen molar-refractivity contribution < 1.29 is 4.79 Å². The van der Waals surface area contributed by atoms with Gasteiger partial charge in [0.05, 0.1) is 11.5 Å². The molecule has 0 aromatic carbocycles. The van der Waals surface area contributed by atoms with E-state index >= 15 is 0 Å².